The molecule has 1 amide bonds. The highest BCUT2D eigenvalue weighted by Crippen LogP contribution is 2.26. The van der Waals surface area contributed by atoms with Crippen molar-refractivity contribution < 1.29 is 4.79 Å². The summed E-state index contributed by atoms with van der Waals surface area (Å²) in [6.07, 6.45) is 4.68. The molecule has 0 radical (unpaired) electrons. The lowest BCUT2D eigenvalue weighted by atomic mass is 10.1. The molecule has 4 nitrogen and oxygen atoms in total. The molecule has 1 atom stereocenters. The number of hydrogen-bond donors (Lipinski definition) is 0. The van der Waals surface area contributed by atoms with E-state index in [1.54, 1.807) is 0 Å². The maximum Gasteiger partial charge on any atom is 0.235 e. The minimum absolute atomic E-state index is 0.163. The summed E-state index contributed by atoms with van der Waals surface area (Å²) in [4.78, 5) is 24.0. The first kappa shape index (κ1) is 17.9. The number of amides is 1. The number of carbonyl (C=O) groups excluding carboxylic acids is 1. The number of carbonyl (C=O) groups is 1. The standard InChI is InChI=1S/C20H25N3OS/c1-15-14-18(17-10-6-5-7-11-17)22-20(21-15)25-16(2)19(24)23-12-8-3-4-9-13-23/h5-7,10-11,14,16H,3-4,8-9,12-13H2,1-2H3. The molecule has 2 heterocycles. The number of hydrogen-bond acceptors (Lipinski definition) is 4. The molecule has 1 aromatic heterocycles. The van der Waals surface area contributed by atoms with Crippen LogP contribution in [-0.4, -0.2) is 39.1 Å². The van der Waals surface area contributed by atoms with Gasteiger partial charge in [-0.1, -0.05) is 54.9 Å². The van der Waals surface area contributed by atoms with Crippen molar-refractivity contribution in [3.8, 4) is 11.3 Å². The number of thioether (sulfide) groups is 1. The largest absolute Gasteiger partial charge is 0.342 e. The summed E-state index contributed by atoms with van der Waals surface area (Å²) in [7, 11) is 0. The smallest absolute Gasteiger partial charge is 0.235 e. The zero-order valence-electron chi connectivity index (χ0n) is 14.9. The van der Waals surface area contributed by atoms with Crippen molar-refractivity contribution in [2.45, 2.75) is 49.9 Å². The Bertz CT molecular complexity index is 712. The highest BCUT2D eigenvalue weighted by Gasteiger charge is 2.23. The third kappa shape index (κ3) is 4.82. The first-order valence-electron chi connectivity index (χ1n) is 9.00. The minimum atomic E-state index is -0.163. The second-order valence-corrected chi connectivity index (χ2v) is 7.85. The number of rotatable bonds is 4. The van der Waals surface area contributed by atoms with Crippen LogP contribution < -0.4 is 0 Å². The van der Waals surface area contributed by atoms with Crippen molar-refractivity contribution in [1.82, 2.24) is 14.9 Å². The molecule has 3 rings (SSSR count). The number of likely N-dealkylation sites (tertiary alicyclic amines) is 1. The van der Waals surface area contributed by atoms with Crippen LogP contribution in [0.5, 0.6) is 0 Å². The van der Waals surface area contributed by atoms with Crippen LogP contribution in [0, 0.1) is 6.92 Å². The van der Waals surface area contributed by atoms with Crippen LogP contribution in [0.3, 0.4) is 0 Å². The van der Waals surface area contributed by atoms with Gasteiger partial charge in [-0.3, -0.25) is 4.79 Å². The van der Waals surface area contributed by atoms with Gasteiger partial charge in [-0.05, 0) is 32.8 Å². The van der Waals surface area contributed by atoms with Crippen molar-refractivity contribution in [2.75, 3.05) is 13.1 Å². The van der Waals surface area contributed by atoms with E-state index in [1.165, 1.54) is 24.6 Å². The van der Waals surface area contributed by atoms with Crippen LogP contribution in [0.2, 0.25) is 0 Å². The number of benzene rings is 1. The van der Waals surface area contributed by atoms with Gasteiger partial charge in [-0.25, -0.2) is 9.97 Å². The van der Waals surface area contributed by atoms with Crippen LogP contribution in [-0.2, 0) is 4.79 Å². The first-order valence-corrected chi connectivity index (χ1v) is 9.88. The lowest BCUT2D eigenvalue weighted by Gasteiger charge is -2.23. The van der Waals surface area contributed by atoms with E-state index in [0.717, 1.165) is 42.9 Å². The summed E-state index contributed by atoms with van der Waals surface area (Å²) in [5.41, 5.74) is 2.90. The quantitative estimate of drug-likeness (QED) is 0.605. The Kier molecular flexibility index (Phi) is 6.08. The summed E-state index contributed by atoms with van der Waals surface area (Å²) in [5.74, 6) is 0.207. The lowest BCUT2D eigenvalue weighted by molar-refractivity contribution is -0.130. The van der Waals surface area contributed by atoms with Gasteiger partial charge in [-0.15, -0.1) is 0 Å². The molecule has 1 aliphatic rings. The summed E-state index contributed by atoms with van der Waals surface area (Å²) in [5, 5.41) is 0.512. The van der Waals surface area contributed by atoms with Crippen LogP contribution >= 0.6 is 11.8 Å². The van der Waals surface area contributed by atoms with Gasteiger partial charge in [0.25, 0.3) is 0 Å². The Balaban J connectivity index is 1.73. The molecule has 1 unspecified atom stereocenters. The molecule has 132 valence electrons. The molecule has 0 spiro atoms. The highest BCUT2D eigenvalue weighted by molar-refractivity contribution is 8.00. The van der Waals surface area contributed by atoms with E-state index in [-0.39, 0.29) is 11.2 Å². The van der Waals surface area contributed by atoms with Crippen molar-refractivity contribution >= 4 is 17.7 Å². The van der Waals surface area contributed by atoms with Crippen LogP contribution in [0.4, 0.5) is 0 Å². The van der Waals surface area contributed by atoms with E-state index in [1.807, 2.05) is 55.1 Å². The fourth-order valence-electron chi connectivity index (χ4n) is 3.11. The van der Waals surface area contributed by atoms with E-state index >= 15 is 0 Å². The van der Waals surface area contributed by atoms with Gasteiger partial charge < -0.3 is 4.90 Å². The Morgan fingerprint density at radius 3 is 2.44 bits per heavy atom. The van der Waals surface area contributed by atoms with Gasteiger partial charge in [0.1, 0.15) is 0 Å². The van der Waals surface area contributed by atoms with Gasteiger partial charge in [0.15, 0.2) is 5.16 Å². The van der Waals surface area contributed by atoms with E-state index in [0.29, 0.717) is 5.16 Å². The maximum absolute atomic E-state index is 12.7. The predicted molar refractivity (Wildman–Crippen MR) is 103 cm³/mol. The third-order valence-corrected chi connectivity index (χ3v) is 5.40. The monoisotopic (exact) mass is 355 g/mol. The molecule has 0 bridgehead atoms. The van der Waals surface area contributed by atoms with Gasteiger partial charge in [0.05, 0.1) is 10.9 Å². The molecule has 1 fully saturated rings. The second kappa shape index (κ2) is 8.48. The number of nitrogens with zero attached hydrogens (tertiary/aromatic N) is 3. The van der Waals surface area contributed by atoms with Crippen molar-refractivity contribution in [3.05, 3.63) is 42.1 Å². The summed E-state index contributed by atoms with van der Waals surface area (Å²) >= 11 is 1.46. The first-order chi connectivity index (χ1) is 12.1. The molecule has 1 aromatic carbocycles. The molecular weight excluding hydrogens is 330 g/mol. The summed E-state index contributed by atoms with van der Waals surface area (Å²) in [6.45, 7) is 5.70. The van der Waals surface area contributed by atoms with Crippen molar-refractivity contribution in [2.24, 2.45) is 0 Å². The zero-order valence-corrected chi connectivity index (χ0v) is 15.8. The Morgan fingerprint density at radius 2 is 1.76 bits per heavy atom. The SMILES string of the molecule is Cc1cc(-c2ccccc2)nc(SC(C)C(=O)N2CCCCCC2)n1. The molecule has 0 saturated carbocycles. The van der Waals surface area contributed by atoms with E-state index in [9.17, 15) is 4.79 Å². The second-order valence-electron chi connectivity index (χ2n) is 6.54. The van der Waals surface area contributed by atoms with Gasteiger partial charge in [0.2, 0.25) is 5.91 Å². The van der Waals surface area contributed by atoms with E-state index in [4.69, 9.17) is 0 Å². The molecule has 0 N–H and O–H groups in total. The minimum Gasteiger partial charge on any atom is -0.342 e. The van der Waals surface area contributed by atoms with Crippen LogP contribution in [0.15, 0.2) is 41.6 Å². The van der Waals surface area contributed by atoms with Gasteiger partial charge in [0, 0.05) is 24.3 Å². The van der Waals surface area contributed by atoms with Gasteiger partial charge in [-0.2, -0.15) is 0 Å². The van der Waals surface area contributed by atoms with E-state index in [2.05, 4.69) is 9.97 Å². The molecule has 5 heteroatoms. The molecule has 1 saturated heterocycles. The average Bonchev–Trinajstić information content (AvgIpc) is 2.90. The predicted octanol–water partition coefficient (Wildman–Crippen LogP) is 4.34. The van der Waals surface area contributed by atoms with Crippen LogP contribution in [0.1, 0.15) is 38.3 Å². The average molecular weight is 356 g/mol. The fraction of sp³-hybridized carbons (Fsp3) is 0.450. The zero-order chi connectivity index (χ0) is 17.6. The Morgan fingerprint density at radius 1 is 1.08 bits per heavy atom. The topological polar surface area (TPSA) is 46.1 Å². The highest BCUT2D eigenvalue weighted by atomic mass is 32.2. The number of aryl methyl sites for hydroxylation is 1. The Labute approximate surface area is 154 Å². The summed E-state index contributed by atoms with van der Waals surface area (Å²) in [6, 6.07) is 12.1. The lowest BCUT2D eigenvalue weighted by Crippen LogP contribution is -2.37. The number of aromatic nitrogens is 2. The van der Waals surface area contributed by atoms with Gasteiger partial charge >= 0.3 is 0 Å². The molecular formula is C20H25N3OS. The molecule has 2 aromatic rings. The van der Waals surface area contributed by atoms with Crippen molar-refractivity contribution in [1.29, 1.82) is 0 Å². The Hall–Kier alpha value is -1.88. The van der Waals surface area contributed by atoms with Crippen LogP contribution in [0.25, 0.3) is 11.3 Å². The normalized spacial score (nSPS) is 16.3. The fourth-order valence-corrected chi connectivity index (χ4v) is 4.02. The van der Waals surface area contributed by atoms with E-state index < -0.39 is 0 Å². The third-order valence-electron chi connectivity index (χ3n) is 4.45. The summed E-state index contributed by atoms with van der Waals surface area (Å²) < 4.78 is 0. The molecule has 1 aliphatic heterocycles. The molecule has 25 heavy (non-hydrogen) atoms. The van der Waals surface area contributed by atoms with Crippen molar-refractivity contribution in [3.63, 3.8) is 0 Å². The molecule has 0 aliphatic carbocycles. The maximum atomic E-state index is 12.7.